The van der Waals surface area contributed by atoms with Crippen molar-refractivity contribution in [3.05, 3.63) is 53.1 Å². The fourth-order valence-electron chi connectivity index (χ4n) is 3.05. The van der Waals surface area contributed by atoms with Gasteiger partial charge in [-0.3, -0.25) is 4.79 Å². The average Bonchev–Trinajstić information content (AvgIpc) is 3.09. The van der Waals surface area contributed by atoms with Gasteiger partial charge in [-0.25, -0.2) is 0 Å². The van der Waals surface area contributed by atoms with E-state index in [2.05, 4.69) is 4.90 Å². The van der Waals surface area contributed by atoms with Crippen LogP contribution in [-0.4, -0.2) is 43.8 Å². The topological polar surface area (TPSA) is 42.0 Å². The lowest BCUT2D eigenvalue weighted by Gasteiger charge is -2.36. The Morgan fingerprint density at radius 3 is 2.50 bits per heavy atom. The Morgan fingerprint density at radius 1 is 0.958 bits per heavy atom. The first-order chi connectivity index (χ1) is 11.7. The van der Waals surface area contributed by atoms with Crippen molar-refractivity contribution in [1.29, 1.82) is 0 Å². The molecule has 0 aliphatic carbocycles. The van der Waals surface area contributed by atoms with E-state index in [0.29, 0.717) is 23.7 Å². The van der Waals surface area contributed by atoms with E-state index in [9.17, 15) is 4.79 Å². The SMILES string of the molecule is O=C(c1ccccc1Cl)N1CCN(c2ccc3c(c2)OCO3)CC1. The summed E-state index contributed by atoms with van der Waals surface area (Å²) in [5, 5.41) is 0.501. The zero-order valence-electron chi connectivity index (χ0n) is 13.1. The van der Waals surface area contributed by atoms with Crippen LogP contribution < -0.4 is 14.4 Å². The summed E-state index contributed by atoms with van der Waals surface area (Å²) < 4.78 is 10.8. The van der Waals surface area contributed by atoms with Crippen molar-refractivity contribution in [2.24, 2.45) is 0 Å². The van der Waals surface area contributed by atoms with Crippen LogP contribution >= 0.6 is 11.6 Å². The van der Waals surface area contributed by atoms with Crippen LogP contribution in [0, 0.1) is 0 Å². The van der Waals surface area contributed by atoms with Gasteiger partial charge in [-0.15, -0.1) is 0 Å². The molecule has 24 heavy (non-hydrogen) atoms. The number of benzene rings is 2. The molecule has 0 N–H and O–H groups in total. The van der Waals surface area contributed by atoms with E-state index in [-0.39, 0.29) is 12.7 Å². The maximum atomic E-state index is 12.6. The molecule has 4 rings (SSSR count). The van der Waals surface area contributed by atoms with Gasteiger partial charge in [-0.2, -0.15) is 0 Å². The Bertz CT molecular complexity index is 773. The Hall–Kier alpha value is -2.40. The van der Waals surface area contributed by atoms with Gasteiger partial charge in [-0.1, -0.05) is 23.7 Å². The Balaban J connectivity index is 1.43. The quantitative estimate of drug-likeness (QED) is 0.839. The summed E-state index contributed by atoms with van der Waals surface area (Å²) in [6, 6.07) is 13.1. The summed E-state index contributed by atoms with van der Waals surface area (Å²) in [6.07, 6.45) is 0. The van der Waals surface area contributed by atoms with Crippen LogP contribution in [-0.2, 0) is 0 Å². The standard InChI is InChI=1S/C18H17ClN2O3/c19-15-4-2-1-3-14(15)18(22)21-9-7-20(8-10-21)13-5-6-16-17(11-13)24-12-23-16/h1-6,11H,7-10,12H2. The first-order valence-corrected chi connectivity index (χ1v) is 8.28. The second kappa shape index (κ2) is 6.24. The predicted molar refractivity (Wildman–Crippen MR) is 92.1 cm³/mol. The molecule has 0 bridgehead atoms. The van der Waals surface area contributed by atoms with Crippen molar-refractivity contribution in [2.45, 2.75) is 0 Å². The van der Waals surface area contributed by atoms with Crippen LogP contribution in [0.25, 0.3) is 0 Å². The highest BCUT2D eigenvalue weighted by molar-refractivity contribution is 6.33. The predicted octanol–water partition coefficient (Wildman–Crippen LogP) is 3.03. The minimum absolute atomic E-state index is 0.00839. The lowest BCUT2D eigenvalue weighted by atomic mass is 10.1. The van der Waals surface area contributed by atoms with Crippen molar-refractivity contribution < 1.29 is 14.3 Å². The summed E-state index contributed by atoms with van der Waals surface area (Å²) >= 11 is 6.13. The van der Waals surface area contributed by atoms with E-state index >= 15 is 0 Å². The lowest BCUT2D eigenvalue weighted by Crippen LogP contribution is -2.48. The molecule has 0 unspecified atom stereocenters. The van der Waals surface area contributed by atoms with Crippen molar-refractivity contribution >= 4 is 23.2 Å². The zero-order chi connectivity index (χ0) is 16.5. The van der Waals surface area contributed by atoms with Crippen LogP contribution in [0.3, 0.4) is 0 Å². The number of halogens is 1. The lowest BCUT2D eigenvalue weighted by molar-refractivity contribution is 0.0747. The molecule has 1 saturated heterocycles. The Labute approximate surface area is 145 Å². The average molecular weight is 345 g/mol. The monoisotopic (exact) mass is 344 g/mol. The molecule has 0 spiro atoms. The summed E-state index contributed by atoms with van der Waals surface area (Å²) in [4.78, 5) is 16.7. The third-order valence-electron chi connectivity index (χ3n) is 4.39. The molecular weight excluding hydrogens is 328 g/mol. The molecule has 2 aromatic rings. The van der Waals surface area contributed by atoms with E-state index in [0.717, 1.165) is 30.3 Å². The summed E-state index contributed by atoms with van der Waals surface area (Å²) in [5.74, 6) is 1.55. The van der Waals surface area contributed by atoms with Crippen molar-refractivity contribution in [3.8, 4) is 11.5 Å². The molecule has 6 heteroatoms. The summed E-state index contributed by atoms with van der Waals surface area (Å²) in [7, 11) is 0. The normalized spacial score (nSPS) is 16.4. The maximum Gasteiger partial charge on any atom is 0.255 e. The summed E-state index contributed by atoms with van der Waals surface area (Å²) in [6.45, 7) is 3.15. The minimum atomic E-state index is -0.00839. The van der Waals surface area contributed by atoms with Crippen molar-refractivity contribution in [3.63, 3.8) is 0 Å². The van der Waals surface area contributed by atoms with Crippen molar-refractivity contribution in [2.75, 3.05) is 37.9 Å². The zero-order valence-corrected chi connectivity index (χ0v) is 13.8. The molecule has 0 radical (unpaired) electrons. The van der Waals surface area contributed by atoms with Crippen LogP contribution in [0.4, 0.5) is 5.69 Å². The molecule has 5 nitrogen and oxygen atoms in total. The number of carbonyl (C=O) groups excluding carboxylic acids is 1. The highest BCUT2D eigenvalue weighted by Crippen LogP contribution is 2.35. The van der Waals surface area contributed by atoms with Crippen molar-refractivity contribution in [1.82, 2.24) is 4.90 Å². The highest BCUT2D eigenvalue weighted by Gasteiger charge is 2.24. The van der Waals surface area contributed by atoms with Gasteiger partial charge in [0.25, 0.3) is 5.91 Å². The molecule has 0 saturated carbocycles. The number of amides is 1. The van der Waals surface area contributed by atoms with Crippen LogP contribution in [0.2, 0.25) is 5.02 Å². The highest BCUT2D eigenvalue weighted by atomic mass is 35.5. The number of hydrogen-bond donors (Lipinski definition) is 0. The number of anilines is 1. The molecule has 2 aliphatic heterocycles. The molecule has 124 valence electrons. The number of ether oxygens (including phenoxy) is 2. The number of fused-ring (bicyclic) bond motifs is 1. The van der Waals surface area contributed by atoms with Gasteiger partial charge in [0, 0.05) is 37.9 Å². The molecular formula is C18H17ClN2O3. The van der Waals surface area contributed by atoms with Crippen LogP contribution in [0.5, 0.6) is 11.5 Å². The smallest absolute Gasteiger partial charge is 0.255 e. The second-order valence-electron chi connectivity index (χ2n) is 5.80. The molecule has 0 atom stereocenters. The summed E-state index contributed by atoms with van der Waals surface area (Å²) in [5.41, 5.74) is 1.65. The van der Waals surface area contributed by atoms with E-state index < -0.39 is 0 Å². The van der Waals surface area contributed by atoms with Gasteiger partial charge in [0.15, 0.2) is 11.5 Å². The molecule has 2 aliphatic rings. The van der Waals surface area contributed by atoms with Gasteiger partial charge >= 0.3 is 0 Å². The number of carbonyl (C=O) groups is 1. The van der Waals surface area contributed by atoms with E-state index in [4.69, 9.17) is 21.1 Å². The third kappa shape index (κ3) is 2.76. The van der Waals surface area contributed by atoms with Gasteiger partial charge in [0.05, 0.1) is 10.6 Å². The van der Waals surface area contributed by atoms with E-state index in [1.165, 1.54) is 0 Å². The largest absolute Gasteiger partial charge is 0.454 e. The maximum absolute atomic E-state index is 12.6. The number of nitrogens with zero attached hydrogens (tertiary/aromatic N) is 2. The Morgan fingerprint density at radius 2 is 1.71 bits per heavy atom. The van der Waals surface area contributed by atoms with Crippen LogP contribution in [0.1, 0.15) is 10.4 Å². The first-order valence-electron chi connectivity index (χ1n) is 7.91. The van der Waals surface area contributed by atoms with Gasteiger partial charge in [-0.05, 0) is 24.3 Å². The van der Waals surface area contributed by atoms with Crippen LogP contribution in [0.15, 0.2) is 42.5 Å². The van der Waals surface area contributed by atoms with Gasteiger partial charge in [0.2, 0.25) is 6.79 Å². The fourth-order valence-corrected chi connectivity index (χ4v) is 3.27. The fraction of sp³-hybridized carbons (Fsp3) is 0.278. The second-order valence-corrected chi connectivity index (χ2v) is 6.20. The van der Waals surface area contributed by atoms with Gasteiger partial charge < -0.3 is 19.3 Å². The molecule has 1 fully saturated rings. The van der Waals surface area contributed by atoms with Gasteiger partial charge in [0.1, 0.15) is 0 Å². The first kappa shape index (κ1) is 15.1. The van der Waals surface area contributed by atoms with E-state index in [1.54, 1.807) is 12.1 Å². The Kier molecular flexibility index (Phi) is 3.94. The molecule has 0 aromatic heterocycles. The number of hydrogen-bond acceptors (Lipinski definition) is 4. The van der Waals surface area contributed by atoms with E-state index in [1.807, 2.05) is 35.2 Å². The number of piperazine rings is 1. The minimum Gasteiger partial charge on any atom is -0.454 e. The molecule has 1 amide bonds. The molecule has 2 heterocycles. The molecule has 2 aromatic carbocycles. The number of rotatable bonds is 2. The third-order valence-corrected chi connectivity index (χ3v) is 4.72.